The molecule has 1 fully saturated rings. The number of carboxylic acids is 1. The SMILES string of the molecule is O=C(O)c1ccc2c(c1)CCN2C(=O)N(CCO)C1CC1. The van der Waals surface area contributed by atoms with Gasteiger partial charge in [-0.15, -0.1) is 0 Å². The van der Waals surface area contributed by atoms with Gasteiger partial charge in [-0.05, 0) is 43.0 Å². The first-order chi connectivity index (χ1) is 10.1. The van der Waals surface area contributed by atoms with Crippen LogP contribution in [0.1, 0.15) is 28.8 Å². The van der Waals surface area contributed by atoms with Crippen LogP contribution in [0.2, 0.25) is 0 Å². The van der Waals surface area contributed by atoms with Gasteiger partial charge in [0.05, 0.1) is 12.2 Å². The smallest absolute Gasteiger partial charge is 0.335 e. The van der Waals surface area contributed by atoms with E-state index in [-0.39, 0.29) is 24.2 Å². The lowest BCUT2D eigenvalue weighted by molar-refractivity contribution is 0.0697. The molecule has 1 heterocycles. The van der Waals surface area contributed by atoms with Crippen molar-refractivity contribution >= 4 is 17.7 Å². The molecular formula is C15H18N2O4. The zero-order valence-corrected chi connectivity index (χ0v) is 11.7. The molecule has 2 N–H and O–H groups in total. The van der Waals surface area contributed by atoms with Crippen LogP contribution in [0.3, 0.4) is 0 Å². The number of nitrogens with zero attached hydrogens (tertiary/aromatic N) is 2. The van der Waals surface area contributed by atoms with Crippen molar-refractivity contribution in [2.24, 2.45) is 0 Å². The highest BCUT2D eigenvalue weighted by Gasteiger charge is 2.36. The third-order valence-electron chi connectivity index (χ3n) is 4.03. The van der Waals surface area contributed by atoms with Crippen LogP contribution in [0.25, 0.3) is 0 Å². The molecule has 0 unspecified atom stereocenters. The van der Waals surface area contributed by atoms with Gasteiger partial charge in [-0.2, -0.15) is 0 Å². The van der Waals surface area contributed by atoms with Gasteiger partial charge in [0.2, 0.25) is 0 Å². The predicted molar refractivity (Wildman–Crippen MR) is 76.7 cm³/mol. The maximum atomic E-state index is 12.6. The number of carbonyl (C=O) groups excluding carboxylic acids is 1. The van der Waals surface area contributed by atoms with Gasteiger partial charge in [-0.25, -0.2) is 9.59 Å². The van der Waals surface area contributed by atoms with Crippen molar-refractivity contribution < 1.29 is 19.8 Å². The third-order valence-corrected chi connectivity index (χ3v) is 4.03. The Hall–Kier alpha value is -2.08. The molecule has 0 bridgehead atoms. The minimum atomic E-state index is -0.956. The molecule has 2 aliphatic rings. The number of carbonyl (C=O) groups is 2. The van der Waals surface area contributed by atoms with Crippen LogP contribution in [0.5, 0.6) is 0 Å². The fourth-order valence-corrected chi connectivity index (χ4v) is 2.82. The topological polar surface area (TPSA) is 81.1 Å². The normalized spacial score (nSPS) is 16.7. The molecule has 112 valence electrons. The number of rotatable bonds is 4. The maximum Gasteiger partial charge on any atom is 0.335 e. The zero-order chi connectivity index (χ0) is 15.0. The number of fused-ring (bicyclic) bond motifs is 1. The van der Waals surface area contributed by atoms with Gasteiger partial charge < -0.3 is 15.1 Å². The van der Waals surface area contributed by atoms with Gasteiger partial charge in [0.1, 0.15) is 0 Å². The number of hydrogen-bond acceptors (Lipinski definition) is 3. The van der Waals surface area contributed by atoms with E-state index in [1.54, 1.807) is 21.9 Å². The lowest BCUT2D eigenvalue weighted by Crippen LogP contribution is -2.45. The standard InChI is InChI=1S/C15H18N2O4/c18-8-7-16(12-2-3-12)15(21)17-6-5-10-9-11(14(19)20)1-4-13(10)17/h1,4,9,12,18H,2-3,5-8H2,(H,19,20). The van der Waals surface area contributed by atoms with E-state index in [0.29, 0.717) is 19.5 Å². The average molecular weight is 290 g/mol. The van der Waals surface area contributed by atoms with Crippen molar-refractivity contribution in [1.29, 1.82) is 0 Å². The monoisotopic (exact) mass is 290 g/mol. The highest BCUT2D eigenvalue weighted by Crippen LogP contribution is 2.33. The number of amides is 2. The number of aromatic carboxylic acids is 1. The van der Waals surface area contributed by atoms with Gasteiger partial charge in [0.15, 0.2) is 0 Å². The van der Waals surface area contributed by atoms with Crippen molar-refractivity contribution in [2.75, 3.05) is 24.6 Å². The van der Waals surface area contributed by atoms with E-state index in [2.05, 4.69) is 0 Å². The lowest BCUT2D eigenvalue weighted by atomic mass is 10.1. The number of anilines is 1. The summed E-state index contributed by atoms with van der Waals surface area (Å²) in [6.07, 6.45) is 2.65. The van der Waals surface area contributed by atoms with E-state index in [4.69, 9.17) is 10.2 Å². The number of aliphatic hydroxyl groups excluding tert-OH is 1. The summed E-state index contributed by atoms with van der Waals surface area (Å²) in [6, 6.07) is 5.02. The fourth-order valence-electron chi connectivity index (χ4n) is 2.82. The van der Waals surface area contributed by atoms with Crippen LogP contribution >= 0.6 is 0 Å². The zero-order valence-electron chi connectivity index (χ0n) is 11.7. The molecule has 0 atom stereocenters. The first kappa shape index (κ1) is 13.9. The quantitative estimate of drug-likeness (QED) is 0.876. The van der Waals surface area contributed by atoms with E-state index in [9.17, 15) is 9.59 Å². The molecule has 1 aliphatic heterocycles. The minimum absolute atomic E-state index is 0.0408. The molecule has 1 aromatic rings. The molecule has 6 heteroatoms. The molecule has 3 rings (SSSR count). The highest BCUT2D eigenvalue weighted by molar-refractivity contribution is 5.96. The Balaban J connectivity index is 1.83. The molecule has 0 aromatic heterocycles. The summed E-state index contributed by atoms with van der Waals surface area (Å²) in [5.41, 5.74) is 1.93. The van der Waals surface area contributed by atoms with Crippen LogP contribution < -0.4 is 4.90 Å². The number of aliphatic hydroxyl groups is 1. The molecule has 0 spiro atoms. The summed E-state index contributed by atoms with van der Waals surface area (Å²) in [5, 5.41) is 18.1. The summed E-state index contributed by atoms with van der Waals surface area (Å²) in [7, 11) is 0. The molecule has 1 aliphatic carbocycles. The van der Waals surface area contributed by atoms with Crippen molar-refractivity contribution in [3.63, 3.8) is 0 Å². The lowest BCUT2D eigenvalue weighted by Gasteiger charge is -2.28. The Bertz CT molecular complexity index is 583. The van der Waals surface area contributed by atoms with Crippen LogP contribution in [0, 0.1) is 0 Å². The van der Waals surface area contributed by atoms with Crippen LogP contribution in [-0.4, -0.2) is 52.9 Å². The number of urea groups is 1. The van der Waals surface area contributed by atoms with E-state index < -0.39 is 5.97 Å². The van der Waals surface area contributed by atoms with Crippen LogP contribution in [-0.2, 0) is 6.42 Å². The Kier molecular flexibility index (Phi) is 3.55. The van der Waals surface area contributed by atoms with Gasteiger partial charge in [-0.1, -0.05) is 0 Å². The molecule has 0 radical (unpaired) electrons. The number of hydrogen-bond donors (Lipinski definition) is 2. The minimum Gasteiger partial charge on any atom is -0.478 e. The number of carboxylic acid groups (broad SMARTS) is 1. The van der Waals surface area contributed by atoms with Crippen molar-refractivity contribution in [3.8, 4) is 0 Å². The summed E-state index contributed by atoms with van der Waals surface area (Å²) >= 11 is 0. The van der Waals surface area contributed by atoms with Gasteiger partial charge in [0, 0.05) is 24.8 Å². The molecular weight excluding hydrogens is 272 g/mol. The summed E-state index contributed by atoms with van der Waals surface area (Å²) < 4.78 is 0. The summed E-state index contributed by atoms with van der Waals surface area (Å²) in [6.45, 7) is 0.870. The maximum absolute atomic E-state index is 12.6. The molecule has 6 nitrogen and oxygen atoms in total. The van der Waals surface area contributed by atoms with Crippen molar-refractivity contribution in [2.45, 2.75) is 25.3 Å². The summed E-state index contributed by atoms with van der Waals surface area (Å²) in [5.74, 6) is -0.956. The van der Waals surface area contributed by atoms with E-state index in [1.807, 2.05) is 0 Å². The van der Waals surface area contributed by atoms with Crippen LogP contribution in [0.4, 0.5) is 10.5 Å². The second kappa shape index (κ2) is 5.37. The highest BCUT2D eigenvalue weighted by atomic mass is 16.4. The van der Waals surface area contributed by atoms with E-state index in [1.165, 1.54) is 6.07 Å². The van der Waals surface area contributed by atoms with Crippen LogP contribution in [0.15, 0.2) is 18.2 Å². The Morgan fingerprint density at radius 3 is 2.71 bits per heavy atom. The Morgan fingerprint density at radius 1 is 1.33 bits per heavy atom. The van der Waals surface area contributed by atoms with E-state index in [0.717, 1.165) is 24.1 Å². The molecule has 2 amide bonds. The third kappa shape index (κ3) is 2.58. The van der Waals surface area contributed by atoms with Gasteiger partial charge in [-0.3, -0.25) is 4.90 Å². The summed E-state index contributed by atoms with van der Waals surface area (Å²) in [4.78, 5) is 27.0. The number of benzene rings is 1. The molecule has 1 saturated carbocycles. The average Bonchev–Trinajstić information content (AvgIpc) is 3.22. The largest absolute Gasteiger partial charge is 0.478 e. The van der Waals surface area contributed by atoms with Crippen molar-refractivity contribution in [3.05, 3.63) is 29.3 Å². The molecule has 0 saturated heterocycles. The predicted octanol–water partition coefficient (Wildman–Crippen LogP) is 1.32. The fraction of sp³-hybridized carbons (Fsp3) is 0.467. The van der Waals surface area contributed by atoms with Gasteiger partial charge >= 0.3 is 12.0 Å². The first-order valence-electron chi connectivity index (χ1n) is 7.17. The second-order valence-corrected chi connectivity index (χ2v) is 5.48. The van der Waals surface area contributed by atoms with Gasteiger partial charge in [0.25, 0.3) is 0 Å². The van der Waals surface area contributed by atoms with E-state index >= 15 is 0 Å². The van der Waals surface area contributed by atoms with Crippen molar-refractivity contribution in [1.82, 2.24) is 4.90 Å². The second-order valence-electron chi connectivity index (χ2n) is 5.48. The molecule has 1 aromatic carbocycles. The Morgan fingerprint density at radius 2 is 2.10 bits per heavy atom. The molecule has 21 heavy (non-hydrogen) atoms. The first-order valence-corrected chi connectivity index (χ1v) is 7.17. The Labute approximate surface area is 122 Å².